The zero-order chi connectivity index (χ0) is 17.2. The maximum Gasteiger partial charge on any atom is 0.141 e. The Kier molecular flexibility index (Phi) is 3.94. The third kappa shape index (κ3) is 2.98. The molecule has 0 aliphatic heterocycles. The lowest BCUT2D eigenvalue weighted by Gasteiger charge is -2.10. The van der Waals surface area contributed by atoms with Crippen molar-refractivity contribution in [2.45, 2.75) is 6.54 Å². The predicted octanol–water partition coefficient (Wildman–Crippen LogP) is 4.90. The highest BCUT2D eigenvalue weighted by molar-refractivity contribution is 5.80. The summed E-state index contributed by atoms with van der Waals surface area (Å²) < 4.78 is 20.6. The standard InChI is InChI=1S/C21H17FN2O/c1-25-18-12-8-16(9-13-18)21-23-19-4-2-3-5-20(19)24(21)14-15-6-10-17(22)11-7-15/h2-13H,14H2,1H3. The van der Waals surface area contributed by atoms with Gasteiger partial charge in [0.2, 0.25) is 0 Å². The van der Waals surface area contributed by atoms with E-state index in [0.717, 1.165) is 33.7 Å². The van der Waals surface area contributed by atoms with Gasteiger partial charge in [-0.25, -0.2) is 9.37 Å². The fourth-order valence-electron chi connectivity index (χ4n) is 2.97. The molecule has 0 saturated heterocycles. The Hall–Kier alpha value is -3.14. The molecule has 1 heterocycles. The zero-order valence-corrected chi connectivity index (χ0v) is 13.8. The molecule has 124 valence electrons. The van der Waals surface area contributed by atoms with Crippen LogP contribution in [0.3, 0.4) is 0 Å². The number of para-hydroxylation sites is 2. The number of nitrogens with zero attached hydrogens (tertiary/aromatic N) is 2. The highest BCUT2D eigenvalue weighted by Crippen LogP contribution is 2.27. The second-order valence-electron chi connectivity index (χ2n) is 5.87. The van der Waals surface area contributed by atoms with Gasteiger partial charge < -0.3 is 9.30 Å². The Bertz CT molecular complexity index is 1000. The van der Waals surface area contributed by atoms with E-state index in [-0.39, 0.29) is 5.82 Å². The molecule has 0 unspecified atom stereocenters. The molecule has 0 aliphatic carbocycles. The molecule has 3 nitrogen and oxygen atoms in total. The lowest BCUT2D eigenvalue weighted by molar-refractivity contribution is 0.415. The van der Waals surface area contributed by atoms with Crippen molar-refractivity contribution in [1.82, 2.24) is 9.55 Å². The third-order valence-electron chi connectivity index (χ3n) is 4.26. The molecule has 4 rings (SSSR count). The number of fused-ring (bicyclic) bond motifs is 1. The van der Waals surface area contributed by atoms with Crippen molar-refractivity contribution in [1.29, 1.82) is 0 Å². The molecular formula is C21H17FN2O. The van der Waals surface area contributed by atoms with Crippen LogP contribution in [0.4, 0.5) is 4.39 Å². The van der Waals surface area contributed by atoms with Gasteiger partial charge in [-0.2, -0.15) is 0 Å². The summed E-state index contributed by atoms with van der Waals surface area (Å²) in [6, 6.07) is 22.5. The Labute approximate surface area is 145 Å². The Morgan fingerprint density at radius 3 is 2.36 bits per heavy atom. The van der Waals surface area contributed by atoms with E-state index in [1.165, 1.54) is 12.1 Å². The number of halogens is 1. The summed E-state index contributed by atoms with van der Waals surface area (Å²) in [5.74, 6) is 1.47. The first-order chi connectivity index (χ1) is 12.2. The van der Waals surface area contributed by atoms with Crippen molar-refractivity contribution in [3.8, 4) is 17.1 Å². The molecule has 0 radical (unpaired) electrons. The third-order valence-corrected chi connectivity index (χ3v) is 4.26. The predicted molar refractivity (Wildman–Crippen MR) is 97.2 cm³/mol. The van der Waals surface area contributed by atoms with E-state index in [0.29, 0.717) is 6.54 Å². The van der Waals surface area contributed by atoms with E-state index in [2.05, 4.69) is 10.6 Å². The topological polar surface area (TPSA) is 27.1 Å². The largest absolute Gasteiger partial charge is 0.497 e. The summed E-state index contributed by atoms with van der Waals surface area (Å²) in [5, 5.41) is 0. The number of imidazole rings is 1. The number of rotatable bonds is 4. The molecule has 3 aromatic carbocycles. The van der Waals surface area contributed by atoms with Crippen LogP contribution in [0, 0.1) is 5.82 Å². The number of benzene rings is 3. The van der Waals surface area contributed by atoms with Crippen LogP contribution in [0.2, 0.25) is 0 Å². The van der Waals surface area contributed by atoms with Crippen LogP contribution in [0.1, 0.15) is 5.56 Å². The fourth-order valence-corrected chi connectivity index (χ4v) is 2.97. The van der Waals surface area contributed by atoms with Gasteiger partial charge in [0.05, 0.1) is 18.1 Å². The van der Waals surface area contributed by atoms with E-state index >= 15 is 0 Å². The number of ether oxygens (including phenoxy) is 1. The molecule has 0 atom stereocenters. The lowest BCUT2D eigenvalue weighted by atomic mass is 10.2. The molecular weight excluding hydrogens is 315 g/mol. The van der Waals surface area contributed by atoms with Gasteiger partial charge >= 0.3 is 0 Å². The van der Waals surface area contributed by atoms with Crippen molar-refractivity contribution in [2.24, 2.45) is 0 Å². The summed E-state index contributed by atoms with van der Waals surface area (Å²) >= 11 is 0. The fraction of sp³-hybridized carbons (Fsp3) is 0.0952. The average Bonchev–Trinajstić information content (AvgIpc) is 3.02. The van der Waals surface area contributed by atoms with Crippen LogP contribution >= 0.6 is 0 Å². The maximum absolute atomic E-state index is 13.2. The summed E-state index contributed by atoms with van der Waals surface area (Å²) in [6.45, 7) is 0.627. The van der Waals surface area contributed by atoms with Gasteiger partial charge in [-0.3, -0.25) is 0 Å². The van der Waals surface area contributed by atoms with Gasteiger partial charge in [0.15, 0.2) is 0 Å². The zero-order valence-electron chi connectivity index (χ0n) is 13.8. The molecule has 0 N–H and O–H groups in total. The first kappa shape index (κ1) is 15.4. The molecule has 0 bridgehead atoms. The highest BCUT2D eigenvalue weighted by atomic mass is 19.1. The minimum Gasteiger partial charge on any atom is -0.497 e. The molecule has 0 saturated carbocycles. The Morgan fingerprint density at radius 1 is 0.920 bits per heavy atom. The molecule has 0 amide bonds. The second-order valence-corrected chi connectivity index (χ2v) is 5.87. The minimum atomic E-state index is -0.227. The summed E-state index contributed by atoms with van der Waals surface area (Å²) in [4.78, 5) is 4.80. The summed E-state index contributed by atoms with van der Waals surface area (Å²) in [7, 11) is 1.65. The van der Waals surface area contributed by atoms with Gasteiger partial charge in [-0.15, -0.1) is 0 Å². The van der Waals surface area contributed by atoms with Crippen LogP contribution in [0.25, 0.3) is 22.4 Å². The molecule has 4 heteroatoms. The van der Waals surface area contributed by atoms with Gasteiger partial charge in [0.1, 0.15) is 17.4 Å². The Balaban J connectivity index is 1.83. The number of aromatic nitrogens is 2. The normalized spacial score (nSPS) is 11.0. The van der Waals surface area contributed by atoms with Crippen molar-refractivity contribution >= 4 is 11.0 Å². The minimum absolute atomic E-state index is 0.227. The van der Waals surface area contributed by atoms with Crippen LogP contribution in [-0.4, -0.2) is 16.7 Å². The molecule has 0 aliphatic rings. The van der Waals surface area contributed by atoms with Crippen LogP contribution in [-0.2, 0) is 6.54 Å². The molecule has 1 aromatic heterocycles. The van der Waals surface area contributed by atoms with Crippen molar-refractivity contribution < 1.29 is 9.13 Å². The average molecular weight is 332 g/mol. The summed E-state index contributed by atoms with van der Waals surface area (Å²) in [6.07, 6.45) is 0. The Morgan fingerprint density at radius 2 is 1.64 bits per heavy atom. The van der Waals surface area contributed by atoms with Crippen LogP contribution in [0.5, 0.6) is 5.75 Å². The van der Waals surface area contributed by atoms with Crippen molar-refractivity contribution in [3.05, 3.63) is 84.2 Å². The van der Waals surface area contributed by atoms with E-state index in [1.807, 2.05) is 54.6 Å². The van der Waals surface area contributed by atoms with E-state index in [4.69, 9.17) is 9.72 Å². The summed E-state index contributed by atoms with van der Waals surface area (Å²) in [5.41, 5.74) is 4.03. The van der Waals surface area contributed by atoms with E-state index < -0.39 is 0 Å². The molecule has 4 aromatic rings. The monoisotopic (exact) mass is 332 g/mol. The van der Waals surface area contributed by atoms with E-state index in [1.54, 1.807) is 7.11 Å². The van der Waals surface area contributed by atoms with Crippen LogP contribution < -0.4 is 4.74 Å². The first-order valence-electron chi connectivity index (χ1n) is 8.09. The molecule has 0 spiro atoms. The quantitative estimate of drug-likeness (QED) is 0.531. The lowest BCUT2D eigenvalue weighted by Crippen LogP contribution is -2.02. The molecule has 25 heavy (non-hydrogen) atoms. The number of methoxy groups -OCH3 is 1. The van der Waals surface area contributed by atoms with Gasteiger partial charge in [0.25, 0.3) is 0 Å². The van der Waals surface area contributed by atoms with Crippen molar-refractivity contribution in [3.63, 3.8) is 0 Å². The highest BCUT2D eigenvalue weighted by Gasteiger charge is 2.13. The number of hydrogen-bond acceptors (Lipinski definition) is 2. The van der Waals surface area contributed by atoms with Gasteiger partial charge in [0, 0.05) is 12.1 Å². The number of hydrogen-bond donors (Lipinski definition) is 0. The van der Waals surface area contributed by atoms with Crippen molar-refractivity contribution in [2.75, 3.05) is 7.11 Å². The van der Waals surface area contributed by atoms with Gasteiger partial charge in [-0.05, 0) is 54.1 Å². The SMILES string of the molecule is COc1ccc(-c2nc3ccccc3n2Cc2ccc(F)cc2)cc1. The molecule has 0 fully saturated rings. The van der Waals surface area contributed by atoms with Crippen LogP contribution in [0.15, 0.2) is 72.8 Å². The smallest absolute Gasteiger partial charge is 0.141 e. The first-order valence-corrected chi connectivity index (χ1v) is 8.09. The maximum atomic E-state index is 13.2. The van der Waals surface area contributed by atoms with E-state index in [9.17, 15) is 4.39 Å². The van der Waals surface area contributed by atoms with Gasteiger partial charge in [-0.1, -0.05) is 24.3 Å². The second kappa shape index (κ2) is 6.40.